The van der Waals surface area contributed by atoms with Crippen molar-refractivity contribution in [2.45, 2.75) is 6.42 Å². The number of benzene rings is 2. The molecule has 0 atom stereocenters. The predicted octanol–water partition coefficient (Wildman–Crippen LogP) is 4.81. The Hall–Kier alpha value is -4.68. The molecule has 0 unspecified atom stereocenters. The molecular weight excluding hydrogens is 476 g/mol. The number of anilines is 2. The van der Waals surface area contributed by atoms with Gasteiger partial charge in [0, 0.05) is 29.6 Å². The van der Waals surface area contributed by atoms with Gasteiger partial charge < -0.3 is 15.6 Å². The summed E-state index contributed by atoms with van der Waals surface area (Å²) >= 11 is 6.46. The molecule has 0 saturated heterocycles. The van der Waals surface area contributed by atoms with E-state index in [2.05, 4.69) is 30.8 Å². The number of aromatic amines is 2. The van der Waals surface area contributed by atoms with Crippen LogP contribution in [0.25, 0.3) is 33.4 Å². The Morgan fingerprint density at radius 3 is 2.61 bits per heavy atom. The third kappa shape index (κ3) is 4.89. The zero-order chi connectivity index (χ0) is 24.9. The van der Waals surface area contributed by atoms with Crippen LogP contribution in [0, 0.1) is 11.3 Å². The second-order valence-corrected chi connectivity index (χ2v) is 8.45. The van der Waals surface area contributed by atoms with Crippen LogP contribution in [0.15, 0.2) is 71.8 Å². The van der Waals surface area contributed by atoms with Crippen molar-refractivity contribution >= 4 is 34.0 Å². The van der Waals surface area contributed by atoms with E-state index >= 15 is 0 Å². The van der Waals surface area contributed by atoms with Gasteiger partial charge >= 0.3 is 0 Å². The molecule has 0 saturated carbocycles. The van der Waals surface area contributed by atoms with Crippen molar-refractivity contribution in [3.63, 3.8) is 0 Å². The highest BCUT2D eigenvalue weighted by molar-refractivity contribution is 6.35. The van der Waals surface area contributed by atoms with Gasteiger partial charge in [0.1, 0.15) is 11.8 Å². The van der Waals surface area contributed by atoms with E-state index in [1.165, 1.54) is 0 Å². The van der Waals surface area contributed by atoms with Gasteiger partial charge in [-0.3, -0.25) is 9.89 Å². The lowest BCUT2D eigenvalue weighted by Crippen LogP contribution is -2.20. The molecule has 36 heavy (non-hydrogen) atoms. The number of rotatable bonds is 8. The first-order chi connectivity index (χ1) is 17.6. The molecule has 0 spiro atoms. The van der Waals surface area contributed by atoms with E-state index in [1.54, 1.807) is 24.5 Å². The maximum Gasteiger partial charge on any atom is 0.291 e. The molecule has 9 nitrogen and oxygen atoms in total. The minimum atomic E-state index is -0.322. The van der Waals surface area contributed by atoms with E-state index in [-0.39, 0.29) is 11.4 Å². The number of halogens is 1. The molecule has 5 aromatic rings. The van der Waals surface area contributed by atoms with Crippen LogP contribution in [-0.4, -0.2) is 38.2 Å². The third-order valence-corrected chi connectivity index (χ3v) is 5.90. The zero-order valence-electron chi connectivity index (χ0n) is 19.0. The molecule has 10 heteroatoms. The number of nitrogens with zero attached hydrogens (tertiary/aromatic N) is 4. The highest BCUT2D eigenvalue weighted by Crippen LogP contribution is 2.33. The second-order valence-electron chi connectivity index (χ2n) is 8.05. The molecule has 3 heterocycles. The summed E-state index contributed by atoms with van der Waals surface area (Å²) in [5, 5.41) is 23.5. The number of H-pyrrole nitrogens is 2. The lowest BCUT2D eigenvalue weighted by Gasteiger charge is -2.13. The first-order valence-corrected chi connectivity index (χ1v) is 11.7. The highest BCUT2D eigenvalue weighted by atomic mass is 35.5. The van der Waals surface area contributed by atoms with Crippen molar-refractivity contribution in [1.82, 2.24) is 25.1 Å². The average Bonchev–Trinajstić information content (AvgIpc) is 3.39. The summed E-state index contributed by atoms with van der Waals surface area (Å²) in [7, 11) is 0. The summed E-state index contributed by atoms with van der Waals surface area (Å²) in [5.74, 6) is 0.244. The fourth-order valence-electron chi connectivity index (χ4n) is 3.83. The van der Waals surface area contributed by atoms with Gasteiger partial charge in [-0.15, -0.1) is 0 Å². The molecule has 0 aliphatic rings. The highest BCUT2D eigenvalue weighted by Gasteiger charge is 2.16. The Labute approximate surface area is 211 Å². The number of aromatic nitrogens is 5. The van der Waals surface area contributed by atoms with E-state index in [0.717, 1.165) is 34.1 Å². The lowest BCUT2D eigenvalue weighted by molar-refractivity contribution is 0.898. The maximum atomic E-state index is 13.0. The number of nitriles is 1. The van der Waals surface area contributed by atoms with Crippen molar-refractivity contribution < 1.29 is 0 Å². The monoisotopic (exact) mass is 496 g/mol. The SMILES string of the molecule is N#Cc1ccc(NCCCNc2nc(-c3ccccc3)c(-c3cc(Cl)c4[nH]ncc4c3)[nH]c2=O)cn1. The van der Waals surface area contributed by atoms with Gasteiger partial charge in [0.15, 0.2) is 5.82 Å². The summed E-state index contributed by atoms with van der Waals surface area (Å²) in [6, 6.07) is 18.8. The van der Waals surface area contributed by atoms with Crippen LogP contribution >= 0.6 is 11.6 Å². The quantitative estimate of drug-likeness (QED) is 0.226. The average molecular weight is 497 g/mol. The predicted molar refractivity (Wildman–Crippen MR) is 141 cm³/mol. The molecule has 3 aromatic heterocycles. The van der Waals surface area contributed by atoms with Crippen LogP contribution < -0.4 is 16.2 Å². The summed E-state index contributed by atoms with van der Waals surface area (Å²) in [4.78, 5) is 24.7. The van der Waals surface area contributed by atoms with E-state index in [9.17, 15) is 4.79 Å². The fraction of sp³-hybridized carbons (Fsp3) is 0.115. The molecular formula is C26H21ClN8O. The van der Waals surface area contributed by atoms with E-state index in [4.69, 9.17) is 21.8 Å². The summed E-state index contributed by atoms with van der Waals surface area (Å²) in [6.45, 7) is 1.19. The third-order valence-electron chi connectivity index (χ3n) is 5.60. The normalized spacial score (nSPS) is 10.8. The molecule has 0 aliphatic carbocycles. The van der Waals surface area contributed by atoms with Crippen LogP contribution in [0.1, 0.15) is 12.1 Å². The Kier molecular flexibility index (Phi) is 6.60. The van der Waals surface area contributed by atoms with Crippen molar-refractivity contribution in [3.05, 3.63) is 88.1 Å². The van der Waals surface area contributed by atoms with Gasteiger partial charge in [-0.25, -0.2) is 9.97 Å². The van der Waals surface area contributed by atoms with Crippen LogP contribution in [0.4, 0.5) is 11.5 Å². The van der Waals surface area contributed by atoms with Crippen molar-refractivity contribution in [2.75, 3.05) is 23.7 Å². The largest absolute Gasteiger partial charge is 0.384 e. The summed E-state index contributed by atoms with van der Waals surface area (Å²) in [6.07, 6.45) is 4.04. The molecule has 2 aromatic carbocycles. The smallest absolute Gasteiger partial charge is 0.291 e. The first kappa shape index (κ1) is 23.1. The zero-order valence-corrected chi connectivity index (χ0v) is 19.8. The first-order valence-electron chi connectivity index (χ1n) is 11.3. The second kappa shape index (κ2) is 10.3. The minimum Gasteiger partial charge on any atom is -0.384 e. The number of hydrogen-bond acceptors (Lipinski definition) is 7. The summed E-state index contributed by atoms with van der Waals surface area (Å²) in [5.41, 5.74) is 4.44. The molecule has 0 aliphatic heterocycles. The standard InChI is InChI=1S/C26H21ClN8O/c27-21-12-17(11-18-14-32-35-22(18)21)24-23(16-5-2-1-3-6-16)33-25(26(36)34-24)30-10-4-9-29-20-8-7-19(13-28)31-15-20/h1-3,5-8,11-12,14-15,29H,4,9-10H2,(H,30,33)(H,32,35)(H,34,36). The van der Waals surface area contributed by atoms with Crippen molar-refractivity contribution in [1.29, 1.82) is 5.26 Å². The van der Waals surface area contributed by atoms with Gasteiger partial charge in [-0.05, 0) is 30.7 Å². The number of fused-ring (bicyclic) bond motifs is 1. The van der Waals surface area contributed by atoms with E-state index < -0.39 is 0 Å². The Morgan fingerprint density at radius 2 is 1.83 bits per heavy atom. The Morgan fingerprint density at radius 1 is 1.00 bits per heavy atom. The Bertz CT molecular complexity index is 1600. The van der Waals surface area contributed by atoms with Crippen LogP contribution in [-0.2, 0) is 0 Å². The lowest BCUT2D eigenvalue weighted by atomic mass is 10.0. The van der Waals surface area contributed by atoms with Gasteiger partial charge in [0.05, 0.1) is 40.0 Å². The van der Waals surface area contributed by atoms with Crippen LogP contribution in [0.3, 0.4) is 0 Å². The number of nitrogens with one attached hydrogen (secondary N) is 4. The van der Waals surface area contributed by atoms with E-state index in [0.29, 0.717) is 35.2 Å². The molecule has 178 valence electrons. The van der Waals surface area contributed by atoms with Gasteiger partial charge in [0.2, 0.25) is 0 Å². The van der Waals surface area contributed by atoms with E-state index in [1.807, 2.05) is 48.5 Å². The minimum absolute atomic E-state index is 0.244. The summed E-state index contributed by atoms with van der Waals surface area (Å²) < 4.78 is 0. The maximum absolute atomic E-state index is 13.0. The topological polar surface area (TPSA) is 135 Å². The molecule has 5 rings (SSSR count). The number of pyridine rings is 1. The molecule has 0 fully saturated rings. The molecule has 0 bridgehead atoms. The number of hydrogen-bond donors (Lipinski definition) is 4. The molecule has 4 N–H and O–H groups in total. The fourth-order valence-corrected chi connectivity index (χ4v) is 4.10. The Balaban J connectivity index is 1.37. The van der Waals surface area contributed by atoms with Gasteiger partial charge in [-0.2, -0.15) is 10.4 Å². The van der Waals surface area contributed by atoms with Gasteiger partial charge in [-0.1, -0.05) is 41.9 Å². The molecule has 0 radical (unpaired) electrons. The molecule has 0 amide bonds. The van der Waals surface area contributed by atoms with Crippen LogP contribution in [0.2, 0.25) is 5.02 Å². The van der Waals surface area contributed by atoms with Crippen molar-refractivity contribution in [3.8, 4) is 28.6 Å². The van der Waals surface area contributed by atoms with Crippen molar-refractivity contribution in [2.24, 2.45) is 0 Å². The van der Waals surface area contributed by atoms with Gasteiger partial charge in [0.25, 0.3) is 5.56 Å². The van der Waals surface area contributed by atoms with Crippen LogP contribution in [0.5, 0.6) is 0 Å².